The fraction of sp³-hybridized carbons (Fsp3) is 0.400. The minimum Gasteiger partial charge on any atom is -0.369 e. The molecule has 1 aromatic rings. The second-order valence-corrected chi connectivity index (χ2v) is 5.93. The molecule has 1 amide bonds. The number of nitrogens with one attached hydrogen (secondary N) is 1. The maximum absolute atomic E-state index is 11.2. The summed E-state index contributed by atoms with van der Waals surface area (Å²) < 4.78 is 22.4. The van der Waals surface area contributed by atoms with Gasteiger partial charge >= 0.3 is 0 Å². The summed E-state index contributed by atoms with van der Waals surface area (Å²) in [5.41, 5.74) is 5.38. The average molecular weight is 257 g/mol. The van der Waals surface area contributed by atoms with Crippen molar-refractivity contribution in [2.24, 2.45) is 5.73 Å². The van der Waals surface area contributed by atoms with E-state index in [-0.39, 0.29) is 11.5 Å². The van der Waals surface area contributed by atoms with E-state index in [9.17, 15) is 13.2 Å². The molecule has 0 bridgehead atoms. The van der Waals surface area contributed by atoms with Crippen LogP contribution in [0.4, 0.5) is 5.82 Å². The minimum atomic E-state index is -2.98. The van der Waals surface area contributed by atoms with Crippen LogP contribution >= 0.6 is 0 Å². The van der Waals surface area contributed by atoms with Gasteiger partial charge in [-0.25, -0.2) is 13.4 Å². The minimum absolute atomic E-state index is 0.0583. The molecule has 0 aliphatic rings. The summed E-state index contributed by atoms with van der Waals surface area (Å²) in [5, 5.41) is 2.86. The van der Waals surface area contributed by atoms with Gasteiger partial charge in [-0.3, -0.25) is 4.79 Å². The quantitative estimate of drug-likeness (QED) is 0.748. The molecule has 0 spiro atoms. The molecule has 0 aliphatic carbocycles. The van der Waals surface area contributed by atoms with Crippen molar-refractivity contribution in [1.82, 2.24) is 4.98 Å². The van der Waals surface area contributed by atoms with Crippen molar-refractivity contribution in [3.05, 3.63) is 23.9 Å². The van der Waals surface area contributed by atoms with Gasteiger partial charge in [0.1, 0.15) is 5.82 Å². The van der Waals surface area contributed by atoms with Gasteiger partial charge in [0.15, 0.2) is 9.84 Å². The fourth-order valence-corrected chi connectivity index (χ4v) is 1.82. The Morgan fingerprint density at radius 1 is 1.47 bits per heavy atom. The first kappa shape index (κ1) is 13.4. The summed E-state index contributed by atoms with van der Waals surface area (Å²) in [6.07, 6.45) is 1.35. The van der Waals surface area contributed by atoms with Crippen molar-refractivity contribution < 1.29 is 13.2 Å². The summed E-state index contributed by atoms with van der Waals surface area (Å²) in [5.74, 6) is 0.157. The van der Waals surface area contributed by atoms with E-state index in [0.29, 0.717) is 17.9 Å². The molecule has 17 heavy (non-hydrogen) atoms. The molecule has 0 saturated carbocycles. The number of sulfone groups is 1. The summed E-state index contributed by atoms with van der Waals surface area (Å²) in [4.78, 5) is 14.7. The molecule has 94 valence electrons. The van der Waals surface area contributed by atoms with Crippen molar-refractivity contribution in [1.29, 1.82) is 0 Å². The third-order valence-corrected chi connectivity index (χ3v) is 3.91. The lowest BCUT2D eigenvalue weighted by Gasteiger charge is -2.05. The number of amides is 1. The Balaban J connectivity index is 2.51. The first-order valence-electron chi connectivity index (χ1n) is 5.15. The second kappa shape index (κ2) is 5.62. The van der Waals surface area contributed by atoms with Gasteiger partial charge in [-0.05, 0) is 12.1 Å². The maximum atomic E-state index is 11.2. The monoisotopic (exact) mass is 257 g/mol. The Hall–Kier alpha value is -1.63. The average Bonchev–Trinajstić information content (AvgIpc) is 2.29. The van der Waals surface area contributed by atoms with E-state index < -0.39 is 15.7 Å². The van der Waals surface area contributed by atoms with Crippen LogP contribution in [-0.4, -0.2) is 37.4 Å². The highest BCUT2D eigenvalue weighted by Gasteiger charge is 2.06. The molecular weight excluding hydrogens is 242 g/mol. The van der Waals surface area contributed by atoms with Crippen LogP contribution in [0, 0.1) is 0 Å². The molecule has 0 radical (unpaired) electrons. The van der Waals surface area contributed by atoms with E-state index in [1.165, 1.54) is 12.3 Å². The maximum Gasteiger partial charge on any atom is 0.250 e. The standard InChI is InChI=1S/C10H15N3O3S/c1-2-17(15,16)6-5-12-9-4-3-8(7-13-9)10(11)14/h3-4,7H,2,5-6H2,1H3,(H2,11,14)(H,12,13). The van der Waals surface area contributed by atoms with Crippen molar-refractivity contribution in [3.63, 3.8) is 0 Å². The largest absolute Gasteiger partial charge is 0.369 e. The highest BCUT2D eigenvalue weighted by atomic mass is 32.2. The number of nitrogens with two attached hydrogens (primary N) is 1. The van der Waals surface area contributed by atoms with Gasteiger partial charge in [-0.2, -0.15) is 0 Å². The van der Waals surface area contributed by atoms with E-state index in [0.717, 1.165) is 0 Å². The predicted octanol–water partition coefficient (Wildman–Crippen LogP) is 0.0271. The van der Waals surface area contributed by atoms with Crippen LogP contribution in [0.25, 0.3) is 0 Å². The topological polar surface area (TPSA) is 102 Å². The van der Waals surface area contributed by atoms with E-state index in [1.54, 1.807) is 13.0 Å². The summed E-state index contributed by atoms with van der Waals surface area (Å²) in [6, 6.07) is 3.12. The second-order valence-electron chi connectivity index (χ2n) is 3.46. The fourth-order valence-electron chi connectivity index (χ4n) is 1.12. The van der Waals surface area contributed by atoms with Gasteiger partial charge in [0.2, 0.25) is 5.91 Å². The van der Waals surface area contributed by atoms with Crippen LogP contribution in [-0.2, 0) is 9.84 Å². The summed E-state index contributed by atoms with van der Waals surface area (Å²) in [6.45, 7) is 1.90. The van der Waals surface area contributed by atoms with Gasteiger partial charge in [0, 0.05) is 18.5 Å². The van der Waals surface area contributed by atoms with Crippen molar-refractivity contribution in [2.45, 2.75) is 6.92 Å². The number of aromatic nitrogens is 1. The van der Waals surface area contributed by atoms with E-state index in [4.69, 9.17) is 5.73 Å². The Labute approximate surface area is 100 Å². The number of hydrogen-bond acceptors (Lipinski definition) is 5. The number of primary amides is 1. The zero-order valence-electron chi connectivity index (χ0n) is 9.51. The molecule has 3 N–H and O–H groups in total. The third-order valence-electron chi connectivity index (χ3n) is 2.21. The number of hydrogen-bond donors (Lipinski definition) is 2. The van der Waals surface area contributed by atoms with Gasteiger partial charge < -0.3 is 11.1 Å². The molecule has 0 atom stereocenters. The molecule has 0 saturated heterocycles. The van der Waals surface area contributed by atoms with Gasteiger partial charge in [-0.15, -0.1) is 0 Å². The molecule has 0 aromatic carbocycles. The third kappa shape index (κ3) is 4.39. The number of nitrogens with zero attached hydrogens (tertiary/aromatic N) is 1. The zero-order valence-corrected chi connectivity index (χ0v) is 10.3. The Kier molecular flexibility index (Phi) is 4.45. The molecular formula is C10H15N3O3S. The van der Waals surface area contributed by atoms with Crippen LogP contribution in [0.1, 0.15) is 17.3 Å². The van der Waals surface area contributed by atoms with Crippen LogP contribution in [0.5, 0.6) is 0 Å². The Morgan fingerprint density at radius 2 is 2.18 bits per heavy atom. The number of carbonyl (C=O) groups is 1. The first-order valence-corrected chi connectivity index (χ1v) is 6.97. The molecule has 1 rings (SSSR count). The van der Waals surface area contributed by atoms with Crippen molar-refractivity contribution in [2.75, 3.05) is 23.4 Å². The van der Waals surface area contributed by atoms with Gasteiger partial charge in [-0.1, -0.05) is 6.92 Å². The normalized spacial score (nSPS) is 11.1. The highest BCUT2D eigenvalue weighted by Crippen LogP contribution is 2.04. The summed E-state index contributed by atoms with van der Waals surface area (Å²) >= 11 is 0. The summed E-state index contributed by atoms with van der Waals surface area (Å²) in [7, 11) is -2.98. The van der Waals surface area contributed by atoms with Crippen LogP contribution in [0.2, 0.25) is 0 Å². The van der Waals surface area contributed by atoms with Crippen LogP contribution < -0.4 is 11.1 Å². The first-order chi connectivity index (χ1) is 7.94. The Bertz CT molecular complexity index is 482. The Morgan fingerprint density at radius 3 is 2.65 bits per heavy atom. The van der Waals surface area contributed by atoms with Crippen LogP contribution in [0.3, 0.4) is 0 Å². The lowest BCUT2D eigenvalue weighted by Crippen LogP contribution is -2.18. The highest BCUT2D eigenvalue weighted by molar-refractivity contribution is 7.91. The molecule has 0 fully saturated rings. The van der Waals surface area contributed by atoms with Crippen LogP contribution in [0.15, 0.2) is 18.3 Å². The van der Waals surface area contributed by atoms with Gasteiger partial charge in [0.25, 0.3) is 0 Å². The zero-order chi connectivity index (χ0) is 12.9. The molecule has 1 heterocycles. The molecule has 0 unspecified atom stereocenters. The van der Waals surface area contributed by atoms with E-state index in [2.05, 4.69) is 10.3 Å². The molecule has 1 aromatic heterocycles. The van der Waals surface area contributed by atoms with E-state index >= 15 is 0 Å². The van der Waals surface area contributed by atoms with Crippen molar-refractivity contribution in [3.8, 4) is 0 Å². The number of carbonyl (C=O) groups excluding carboxylic acids is 1. The van der Waals surface area contributed by atoms with Crippen molar-refractivity contribution >= 4 is 21.6 Å². The number of pyridine rings is 1. The lowest BCUT2D eigenvalue weighted by atomic mass is 10.3. The number of anilines is 1. The predicted molar refractivity (Wildman–Crippen MR) is 65.6 cm³/mol. The smallest absolute Gasteiger partial charge is 0.250 e. The lowest BCUT2D eigenvalue weighted by molar-refractivity contribution is 0.1000. The van der Waals surface area contributed by atoms with Gasteiger partial charge in [0.05, 0.1) is 11.3 Å². The molecule has 0 aliphatic heterocycles. The molecule has 7 heteroatoms. The SMILES string of the molecule is CCS(=O)(=O)CCNc1ccc(C(N)=O)cn1. The molecule has 6 nitrogen and oxygen atoms in total. The van der Waals surface area contributed by atoms with E-state index in [1.807, 2.05) is 0 Å². The number of rotatable bonds is 6.